The summed E-state index contributed by atoms with van der Waals surface area (Å²) in [7, 11) is -4.42. The minimum absolute atomic E-state index is 0. The Morgan fingerprint density at radius 3 is 2.44 bits per heavy atom. The summed E-state index contributed by atoms with van der Waals surface area (Å²) >= 11 is 5.71. The third-order valence-corrected chi connectivity index (χ3v) is 2.72. The summed E-state index contributed by atoms with van der Waals surface area (Å²) in [6, 6.07) is 6.58. The molecule has 0 unspecified atom stereocenters. The second-order valence-electron chi connectivity index (χ2n) is 3.22. The van der Waals surface area contributed by atoms with E-state index in [1.54, 1.807) is 24.3 Å². The van der Waals surface area contributed by atoms with Gasteiger partial charge < -0.3 is 9.08 Å². The van der Waals surface area contributed by atoms with Crippen LogP contribution in [0, 0.1) is 0 Å². The van der Waals surface area contributed by atoms with Gasteiger partial charge in [-0.05, 0) is 24.3 Å². The number of halogens is 1. The molecule has 1 aromatic heterocycles. The second-order valence-corrected chi connectivity index (χ2v) is 5.06. The smallest absolute Gasteiger partial charge is 0.748 e. The molecule has 0 N–H and O–H groups in total. The fourth-order valence-electron chi connectivity index (χ4n) is 1.18. The molecule has 2 aromatic rings. The van der Waals surface area contributed by atoms with E-state index in [0.29, 0.717) is 10.6 Å². The van der Waals surface area contributed by atoms with E-state index in [2.05, 4.69) is 14.7 Å². The van der Waals surface area contributed by atoms with E-state index in [1.807, 2.05) is 0 Å². The summed E-state index contributed by atoms with van der Waals surface area (Å²) in [5.74, 6) is -0.835. The van der Waals surface area contributed by atoms with E-state index >= 15 is 0 Å². The summed E-state index contributed by atoms with van der Waals surface area (Å²) in [5.41, 5.74) is 0.618. The Morgan fingerprint density at radius 1 is 1.28 bits per heavy atom. The normalized spacial score (nSPS) is 11.0. The number of rotatable bonds is 3. The van der Waals surface area contributed by atoms with Gasteiger partial charge in [0.15, 0.2) is 0 Å². The van der Waals surface area contributed by atoms with Crippen LogP contribution in [0.1, 0.15) is 5.89 Å². The minimum Gasteiger partial charge on any atom is -0.748 e. The number of aromatic nitrogens is 2. The van der Waals surface area contributed by atoms with E-state index in [0.717, 1.165) is 0 Å². The molecule has 0 saturated carbocycles. The van der Waals surface area contributed by atoms with Crippen molar-refractivity contribution in [1.29, 1.82) is 0 Å². The Morgan fingerprint density at radius 2 is 1.89 bits per heavy atom. The van der Waals surface area contributed by atoms with Crippen LogP contribution in [0.3, 0.4) is 0 Å². The molecular formula is C9H6ClN2NaO4S. The molecule has 2 rings (SSSR count). The maximum Gasteiger partial charge on any atom is 1.00 e. The zero-order valence-corrected chi connectivity index (χ0v) is 12.9. The molecule has 0 fully saturated rings. The van der Waals surface area contributed by atoms with Crippen LogP contribution in [0.2, 0.25) is 5.02 Å². The van der Waals surface area contributed by atoms with Crippen LogP contribution >= 0.6 is 11.6 Å². The van der Waals surface area contributed by atoms with Crippen molar-refractivity contribution in [1.82, 2.24) is 10.1 Å². The van der Waals surface area contributed by atoms with Crippen LogP contribution in [0.15, 0.2) is 28.8 Å². The zero-order valence-electron chi connectivity index (χ0n) is 9.33. The molecular weight excluding hydrogens is 291 g/mol. The molecule has 90 valence electrons. The van der Waals surface area contributed by atoms with Crippen molar-refractivity contribution in [3.8, 4) is 11.4 Å². The Bertz CT molecular complexity index is 626. The molecule has 0 saturated heterocycles. The van der Waals surface area contributed by atoms with E-state index in [-0.39, 0.29) is 41.3 Å². The van der Waals surface area contributed by atoms with Gasteiger partial charge in [0.1, 0.15) is 15.9 Å². The zero-order chi connectivity index (χ0) is 12.5. The molecule has 0 aliphatic rings. The first-order valence-electron chi connectivity index (χ1n) is 4.46. The SMILES string of the molecule is O=S(=O)([O-])Cc1nc(-c2ccc(Cl)cc2)no1.[Na+]. The van der Waals surface area contributed by atoms with Gasteiger partial charge in [-0.2, -0.15) is 4.98 Å². The molecule has 0 spiro atoms. The van der Waals surface area contributed by atoms with Crippen molar-refractivity contribution in [2.24, 2.45) is 0 Å². The molecule has 0 radical (unpaired) electrons. The molecule has 1 heterocycles. The van der Waals surface area contributed by atoms with Crippen molar-refractivity contribution in [2.75, 3.05) is 0 Å². The molecule has 18 heavy (non-hydrogen) atoms. The van der Waals surface area contributed by atoms with Gasteiger partial charge in [0.2, 0.25) is 11.7 Å². The average Bonchev–Trinajstić information content (AvgIpc) is 2.64. The van der Waals surface area contributed by atoms with Crippen LogP contribution in [-0.2, 0) is 15.9 Å². The van der Waals surface area contributed by atoms with E-state index in [4.69, 9.17) is 11.6 Å². The van der Waals surface area contributed by atoms with Gasteiger partial charge in [0.05, 0.1) is 0 Å². The van der Waals surface area contributed by atoms with Crippen molar-refractivity contribution >= 4 is 21.7 Å². The van der Waals surface area contributed by atoms with E-state index in [1.165, 1.54) is 0 Å². The summed E-state index contributed by atoms with van der Waals surface area (Å²) in [6.07, 6.45) is 0. The third-order valence-electron chi connectivity index (χ3n) is 1.87. The first kappa shape index (κ1) is 15.6. The Hall–Kier alpha value is -0.440. The molecule has 9 heteroatoms. The van der Waals surface area contributed by atoms with Gasteiger partial charge in [-0.15, -0.1) is 0 Å². The van der Waals surface area contributed by atoms with E-state index < -0.39 is 15.9 Å². The fourth-order valence-corrected chi connectivity index (χ4v) is 1.73. The number of hydrogen-bond donors (Lipinski definition) is 0. The molecule has 0 atom stereocenters. The first-order chi connectivity index (χ1) is 7.94. The van der Waals surface area contributed by atoms with Gasteiger partial charge in [0.25, 0.3) is 0 Å². The predicted molar refractivity (Wildman–Crippen MR) is 58.1 cm³/mol. The van der Waals surface area contributed by atoms with Gasteiger partial charge in [-0.1, -0.05) is 16.8 Å². The first-order valence-corrected chi connectivity index (χ1v) is 6.42. The molecule has 0 bridgehead atoms. The van der Waals surface area contributed by atoms with Gasteiger partial charge in [0, 0.05) is 10.6 Å². The van der Waals surface area contributed by atoms with Crippen molar-refractivity contribution < 1.29 is 47.1 Å². The van der Waals surface area contributed by atoms with Crippen molar-refractivity contribution in [2.45, 2.75) is 5.75 Å². The number of nitrogens with zero attached hydrogens (tertiary/aromatic N) is 2. The molecule has 0 aliphatic heterocycles. The van der Waals surface area contributed by atoms with Crippen molar-refractivity contribution in [3.63, 3.8) is 0 Å². The Kier molecular flexibility index (Phi) is 5.32. The quantitative estimate of drug-likeness (QED) is 0.502. The molecule has 0 aliphatic carbocycles. The third kappa shape index (κ3) is 4.34. The average molecular weight is 297 g/mol. The fraction of sp³-hybridized carbons (Fsp3) is 0.111. The Balaban J connectivity index is 0.00000162. The maximum absolute atomic E-state index is 10.5. The molecule has 1 aromatic carbocycles. The van der Waals surface area contributed by atoms with Gasteiger partial charge in [-0.25, -0.2) is 8.42 Å². The van der Waals surface area contributed by atoms with Crippen molar-refractivity contribution in [3.05, 3.63) is 35.2 Å². The minimum atomic E-state index is -4.42. The molecule has 6 nitrogen and oxygen atoms in total. The summed E-state index contributed by atoms with van der Waals surface area (Å²) in [6.45, 7) is 0. The topological polar surface area (TPSA) is 96.1 Å². The monoisotopic (exact) mass is 296 g/mol. The predicted octanol–water partition coefficient (Wildman–Crippen LogP) is -1.56. The maximum atomic E-state index is 10.5. The van der Waals surface area contributed by atoms with Crippen LogP contribution in [0.5, 0.6) is 0 Å². The van der Waals surface area contributed by atoms with Gasteiger partial charge >= 0.3 is 29.6 Å². The summed E-state index contributed by atoms with van der Waals surface area (Å²) in [5, 5.41) is 4.12. The molecule has 0 amide bonds. The summed E-state index contributed by atoms with van der Waals surface area (Å²) in [4.78, 5) is 3.80. The van der Waals surface area contributed by atoms with E-state index in [9.17, 15) is 13.0 Å². The number of hydrogen-bond acceptors (Lipinski definition) is 6. The van der Waals surface area contributed by atoms with Crippen LogP contribution in [-0.4, -0.2) is 23.1 Å². The standard InChI is InChI=1S/C9H7ClN2O4S.Na/c10-7-3-1-6(2-4-7)9-11-8(16-12-9)5-17(13,14)15;/h1-4H,5H2,(H,13,14,15);/q;+1/p-1. The van der Waals surface area contributed by atoms with Gasteiger partial charge in [-0.3, -0.25) is 0 Å². The second kappa shape index (κ2) is 6.14. The van der Waals surface area contributed by atoms with Crippen LogP contribution < -0.4 is 29.6 Å². The summed E-state index contributed by atoms with van der Waals surface area (Å²) < 4.78 is 36.1. The van der Waals surface area contributed by atoms with Crippen LogP contribution in [0.4, 0.5) is 0 Å². The Labute approximate surface area is 130 Å². The largest absolute Gasteiger partial charge is 1.00 e. The number of benzene rings is 1. The van der Waals surface area contributed by atoms with Crippen LogP contribution in [0.25, 0.3) is 11.4 Å².